The number of phenolic OH excluding ortho intramolecular Hbond substituents is 4. The number of hydrogen-bond acceptors (Lipinski definition) is 10. The summed E-state index contributed by atoms with van der Waals surface area (Å²) in [7, 11) is 0. The molecule has 0 aliphatic heterocycles. The number of phenols is 4. The molecule has 0 bridgehead atoms. The molecular formula is C39H27Cl3N2O8. The maximum atomic E-state index is 12.9. The van der Waals surface area contributed by atoms with E-state index in [9.17, 15) is 39.6 Å². The third kappa shape index (κ3) is 6.19. The van der Waals surface area contributed by atoms with Crippen LogP contribution < -0.4 is 0 Å². The maximum absolute atomic E-state index is 12.9. The molecule has 2 aliphatic rings. The van der Waals surface area contributed by atoms with Gasteiger partial charge in [0.2, 0.25) is 11.6 Å². The van der Waals surface area contributed by atoms with E-state index >= 15 is 0 Å². The van der Waals surface area contributed by atoms with Gasteiger partial charge in [0.25, 0.3) is 0 Å². The number of aromatic nitrogens is 2. The molecule has 0 amide bonds. The van der Waals surface area contributed by atoms with Crippen LogP contribution in [-0.4, -0.2) is 57.8 Å². The molecule has 6 aromatic rings. The van der Waals surface area contributed by atoms with Gasteiger partial charge in [-0.2, -0.15) is 0 Å². The summed E-state index contributed by atoms with van der Waals surface area (Å²) >= 11 is 14.4. The molecule has 0 fully saturated rings. The number of halogens is 3. The molecule has 262 valence electrons. The fraction of sp³-hybridized carbons (Fsp3) is 0.128. The van der Waals surface area contributed by atoms with Crippen molar-refractivity contribution in [1.29, 1.82) is 0 Å². The van der Waals surface area contributed by atoms with Crippen LogP contribution in [0.5, 0.6) is 23.0 Å². The van der Waals surface area contributed by atoms with Crippen molar-refractivity contribution in [3.05, 3.63) is 129 Å². The zero-order chi connectivity index (χ0) is 37.6. The summed E-state index contributed by atoms with van der Waals surface area (Å²) in [4.78, 5) is 59.5. The lowest BCUT2D eigenvalue weighted by Crippen LogP contribution is -2.22. The number of nitrogens with zero attached hydrogens (tertiary/aromatic N) is 2. The number of alkyl halides is 3. The first-order chi connectivity index (χ1) is 24.8. The number of aromatic hydroxyl groups is 4. The lowest BCUT2D eigenvalue weighted by atomic mass is 9.84. The molecule has 0 saturated carbocycles. The molecule has 0 atom stereocenters. The van der Waals surface area contributed by atoms with Crippen molar-refractivity contribution >= 4 is 79.5 Å². The van der Waals surface area contributed by atoms with Gasteiger partial charge in [-0.05, 0) is 60.4 Å². The van der Waals surface area contributed by atoms with Crippen molar-refractivity contribution in [3.63, 3.8) is 0 Å². The van der Waals surface area contributed by atoms with Crippen LogP contribution >= 0.6 is 34.8 Å². The second-order valence-electron chi connectivity index (χ2n) is 11.8. The van der Waals surface area contributed by atoms with Crippen LogP contribution in [0, 0.1) is 0 Å². The van der Waals surface area contributed by atoms with E-state index in [1.165, 1.54) is 48.8 Å². The van der Waals surface area contributed by atoms with Gasteiger partial charge in [0.15, 0.2) is 15.9 Å². The Labute approximate surface area is 310 Å². The maximum Gasteiger partial charge on any atom is 0.216 e. The average Bonchev–Trinajstić information content (AvgIpc) is 3.11. The van der Waals surface area contributed by atoms with Gasteiger partial charge < -0.3 is 20.4 Å². The second-order valence-corrected chi connectivity index (χ2v) is 13.8. The molecule has 0 saturated heterocycles. The number of carbonyl (C=O) groups excluding carboxylic acids is 4. The van der Waals surface area contributed by atoms with Crippen LogP contribution in [0.1, 0.15) is 88.9 Å². The van der Waals surface area contributed by atoms with Crippen LogP contribution in [0.2, 0.25) is 0 Å². The molecule has 10 nitrogen and oxygen atoms in total. The van der Waals surface area contributed by atoms with Crippen LogP contribution in [0.3, 0.4) is 0 Å². The van der Waals surface area contributed by atoms with Gasteiger partial charge in [-0.25, -0.2) is 0 Å². The van der Waals surface area contributed by atoms with Gasteiger partial charge in [-0.15, -0.1) is 0 Å². The van der Waals surface area contributed by atoms with Crippen molar-refractivity contribution in [3.8, 4) is 23.0 Å². The van der Waals surface area contributed by atoms with Gasteiger partial charge in [0.05, 0.1) is 22.3 Å². The van der Waals surface area contributed by atoms with E-state index in [2.05, 4.69) is 9.97 Å². The first kappa shape index (κ1) is 36.2. The van der Waals surface area contributed by atoms with Gasteiger partial charge in [-0.3, -0.25) is 29.1 Å². The third-order valence-corrected chi connectivity index (χ3v) is 8.78. The highest BCUT2D eigenvalue weighted by atomic mass is 35.6. The highest BCUT2D eigenvalue weighted by Crippen LogP contribution is 2.40. The summed E-state index contributed by atoms with van der Waals surface area (Å²) in [5.74, 6) is -2.47. The van der Waals surface area contributed by atoms with E-state index in [1.807, 2.05) is 26.0 Å². The summed E-state index contributed by atoms with van der Waals surface area (Å²) < 4.78 is -0.750. The van der Waals surface area contributed by atoms with E-state index in [1.54, 1.807) is 12.1 Å². The Morgan fingerprint density at radius 2 is 0.904 bits per heavy atom. The van der Waals surface area contributed by atoms with Crippen molar-refractivity contribution in [2.75, 3.05) is 0 Å². The lowest BCUT2D eigenvalue weighted by Gasteiger charge is -2.19. The van der Waals surface area contributed by atoms with Crippen molar-refractivity contribution in [2.45, 2.75) is 31.0 Å². The minimum Gasteiger partial charge on any atom is -0.507 e. The highest BCUT2D eigenvalue weighted by Gasteiger charge is 2.36. The number of aryl methyl sites for hydroxylation is 2. The summed E-state index contributed by atoms with van der Waals surface area (Å²) in [5, 5.41) is 42.6. The Balaban J connectivity index is 0.000000162. The fourth-order valence-electron chi connectivity index (χ4n) is 6.44. The number of pyridine rings is 2. The Hall–Kier alpha value is -5.55. The first-order valence-electron chi connectivity index (χ1n) is 15.8. The second kappa shape index (κ2) is 14.2. The monoisotopic (exact) mass is 756 g/mol. The fourth-order valence-corrected chi connectivity index (χ4v) is 6.44. The van der Waals surface area contributed by atoms with E-state index in [-0.39, 0.29) is 67.8 Å². The summed E-state index contributed by atoms with van der Waals surface area (Å²) in [6, 6.07) is 15.6. The predicted molar refractivity (Wildman–Crippen MR) is 197 cm³/mol. The highest BCUT2D eigenvalue weighted by molar-refractivity contribution is 6.63. The molecule has 52 heavy (non-hydrogen) atoms. The normalized spacial score (nSPS) is 12.7. The Morgan fingerprint density at radius 1 is 0.538 bits per heavy atom. The van der Waals surface area contributed by atoms with Crippen LogP contribution in [-0.2, 0) is 12.8 Å². The van der Waals surface area contributed by atoms with Crippen LogP contribution in [0.4, 0.5) is 0 Å². The van der Waals surface area contributed by atoms with E-state index in [0.29, 0.717) is 21.5 Å². The van der Waals surface area contributed by atoms with E-state index in [4.69, 9.17) is 34.8 Å². The first-order valence-corrected chi connectivity index (χ1v) is 17.1. The number of benzene rings is 4. The Morgan fingerprint density at radius 3 is 1.25 bits per heavy atom. The Bertz CT molecular complexity index is 2340. The lowest BCUT2D eigenvalue weighted by molar-refractivity contribution is 0.0974. The average molecular weight is 758 g/mol. The van der Waals surface area contributed by atoms with Gasteiger partial charge in [0.1, 0.15) is 34.4 Å². The zero-order valence-electron chi connectivity index (χ0n) is 27.4. The van der Waals surface area contributed by atoms with Crippen molar-refractivity contribution in [2.24, 2.45) is 0 Å². The molecule has 4 N–H and O–H groups in total. The zero-order valence-corrected chi connectivity index (χ0v) is 29.6. The number of rotatable bonds is 2. The SMILES string of the molecule is CCc1cc(O)c2c3c(ncc2c1)C(=O)c1c(O)cccc1C3=O.CCc1cc(O)c2c3c(ncc2c1)C(=O)c1c(O)cccc1C3=O.ClC(Cl)Cl. The molecule has 0 radical (unpaired) electrons. The molecule has 4 aromatic carbocycles. The van der Waals surface area contributed by atoms with Crippen molar-refractivity contribution < 1.29 is 39.6 Å². The van der Waals surface area contributed by atoms with Gasteiger partial charge >= 0.3 is 0 Å². The predicted octanol–water partition coefficient (Wildman–Crippen LogP) is 7.95. The van der Waals surface area contributed by atoms with Crippen molar-refractivity contribution in [1.82, 2.24) is 9.97 Å². The number of ketones is 4. The standard InChI is InChI=1S/2C19H13NO4.CHCl3/c2*1-2-9-6-10-8-20-17-16(14(10)13(22)7-9)18(23)11-4-3-5-12(21)15(11)19(17)24;2-1(3)4/h2*3-8,21-22H,2H2,1H3;1H. The van der Waals surface area contributed by atoms with E-state index in [0.717, 1.165) is 24.0 Å². The largest absolute Gasteiger partial charge is 0.507 e. The summed E-state index contributed by atoms with van der Waals surface area (Å²) in [5.41, 5.74) is 2.11. The number of carbonyl (C=O) groups is 4. The van der Waals surface area contributed by atoms with Crippen LogP contribution in [0.15, 0.2) is 73.1 Å². The quantitative estimate of drug-likeness (QED) is 0.127. The molecule has 2 heterocycles. The number of hydrogen-bond donors (Lipinski definition) is 4. The molecule has 13 heteroatoms. The number of fused-ring (bicyclic) bond motifs is 8. The Kier molecular flexibility index (Phi) is 9.92. The molecule has 0 spiro atoms. The van der Waals surface area contributed by atoms with Gasteiger partial charge in [-0.1, -0.05) is 72.9 Å². The minimum atomic E-state index is -0.750. The smallest absolute Gasteiger partial charge is 0.216 e. The van der Waals surface area contributed by atoms with Crippen LogP contribution in [0.25, 0.3) is 21.5 Å². The summed E-state index contributed by atoms with van der Waals surface area (Å²) in [6.45, 7) is 3.92. The molecule has 2 aliphatic carbocycles. The minimum absolute atomic E-state index is 0.0356. The van der Waals surface area contributed by atoms with E-state index < -0.39 is 27.4 Å². The molecule has 8 rings (SSSR count). The topological polar surface area (TPSA) is 175 Å². The summed E-state index contributed by atoms with van der Waals surface area (Å²) in [6.07, 6.45) is 4.40. The molecular weight excluding hydrogens is 731 g/mol. The third-order valence-electron chi connectivity index (χ3n) is 8.78. The van der Waals surface area contributed by atoms with Gasteiger partial charge in [0, 0.05) is 45.1 Å². The molecule has 0 unspecified atom stereocenters. The molecule has 2 aromatic heterocycles.